The van der Waals surface area contributed by atoms with Gasteiger partial charge in [-0.15, -0.1) is 0 Å². The molecule has 2 rings (SSSR count). The van der Waals surface area contributed by atoms with Gasteiger partial charge in [0.05, 0.1) is 11.5 Å². The van der Waals surface area contributed by atoms with Gasteiger partial charge in [-0.3, -0.25) is 19.3 Å². The number of rotatable bonds is 4. The van der Waals surface area contributed by atoms with Crippen molar-refractivity contribution in [2.45, 2.75) is 6.92 Å². The van der Waals surface area contributed by atoms with Gasteiger partial charge in [-0.25, -0.2) is 0 Å². The van der Waals surface area contributed by atoms with Crippen LogP contribution >= 0.6 is 11.8 Å². The van der Waals surface area contributed by atoms with Crippen molar-refractivity contribution in [2.24, 2.45) is 0 Å². The third kappa shape index (κ3) is 3.27. The van der Waals surface area contributed by atoms with E-state index in [1.165, 1.54) is 0 Å². The van der Waals surface area contributed by atoms with Crippen LogP contribution in [0.25, 0.3) is 6.08 Å². The SMILES string of the molecule is CCOC(=O)CN1C(=O)S/C(=C\c2ccccc2)C1=O. The Bertz CT molecular complexity index is 568. The summed E-state index contributed by atoms with van der Waals surface area (Å²) in [6.07, 6.45) is 1.63. The minimum absolute atomic E-state index is 0.217. The van der Waals surface area contributed by atoms with Crippen LogP contribution in [0.5, 0.6) is 0 Å². The van der Waals surface area contributed by atoms with Crippen LogP contribution in [0.3, 0.4) is 0 Å². The summed E-state index contributed by atoms with van der Waals surface area (Å²) in [4.78, 5) is 36.4. The fourth-order valence-electron chi connectivity index (χ4n) is 1.67. The summed E-state index contributed by atoms with van der Waals surface area (Å²) in [6.45, 7) is 1.54. The third-order valence-corrected chi connectivity index (χ3v) is 3.47. The average molecular weight is 291 g/mol. The number of thioether (sulfide) groups is 1. The van der Waals surface area contributed by atoms with Crippen LogP contribution in [0.4, 0.5) is 4.79 Å². The molecular weight excluding hydrogens is 278 g/mol. The average Bonchev–Trinajstić information content (AvgIpc) is 2.68. The van der Waals surface area contributed by atoms with E-state index in [1.54, 1.807) is 13.0 Å². The Labute approximate surface area is 120 Å². The molecule has 6 heteroatoms. The molecule has 1 aromatic rings. The number of amides is 2. The standard InChI is InChI=1S/C14H13NO4S/c1-2-19-12(16)9-15-13(17)11(20-14(15)18)8-10-6-4-3-5-7-10/h3-8H,2,9H2,1H3/b11-8-. The molecule has 0 saturated carbocycles. The van der Waals surface area contributed by atoms with Crippen molar-refractivity contribution in [1.29, 1.82) is 0 Å². The van der Waals surface area contributed by atoms with E-state index in [1.807, 2.05) is 30.3 Å². The first-order chi connectivity index (χ1) is 9.61. The first kappa shape index (κ1) is 14.3. The van der Waals surface area contributed by atoms with Crippen molar-refractivity contribution in [3.8, 4) is 0 Å². The molecule has 0 bridgehead atoms. The zero-order valence-electron chi connectivity index (χ0n) is 10.9. The second-order valence-corrected chi connectivity index (χ2v) is 4.98. The van der Waals surface area contributed by atoms with E-state index in [9.17, 15) is 14.4 Å². The van der Waals surface area contributed by atoms with Crippen molar-refractivity contribution in [3.05, 3.63) is 40.8 Å². The largest absolute Gasteiger partial charge is 0.465 e. The zero-order valence-corrected chi connectivity index (χ0v) is 11.7. The van der Waals surface area contributed by atoms with Gasteiger partial charge in [0.1, 0.15) is 6.54 Å². The van der Waals surface area contributed by atoms with Crippen molar-refractivity contribution in [3.63, 3.8) is 0 Å². The lowest BCUT2D eigenvalue weighted by molar-refractivity contribution is -0.145. The van der Waals surface area contributed by atoms with E-state index in [2.05, 4.69) is 0 Å². The number of hydrogen-bond acceptors (Lipinski definition) is 5. The fourth-order valence-corrected chi connectivity index (χ4v) is 2.51. The van der Waals surface area contributed by atoms with E-state index in [-0.39, 0.29) is 13.2 Å². The monoisotopic (exact) mass is 291 g/mol. The second-order valence-electron chi connectivity index (χ2n) is 3.98. The molecule has 1 aliphatic rings. The topological polar surface area (TPSA) is 63.7 Å². The molecule has 0 N–H and O–H groups in total. The number of nitrogens with zero attached hydrogens (tertiary/aromatic N) is 1. The lowest BCUT2D eigenvalue weighted by Gasteiger charge is -2.10. The maximum Gasteiger partial charge on any atom is 0.326 e. The molecule has 1 saturated heterocycles. The molecule has 2 amide bonds. The first-order valence-electron chi connectivity index (χ1n) is 6.08. The maximum atomic E-state index is 12.1. The molecule has 0 unspecified atom stereocenters. The highest BCUT2D eigenvalue weighted by atomic mass is 32.2. The van der Waals surface area contributed by atoms with Crippen LogP contribution in [0.1, 0.15) is 12.5 Å². The molecule has 0 spiro atoms. The van der Waals surface area contributed by atoms with E-state index in [4.69, 9.17) is 4.74 Å². The van der Waals surface area contributed by atoms with Gasteiger partial charge in [0, 0.05) is 0 Å². The van der Waals surface area contributed by atoms with Gasteiger partial charge in [0.25, 0.3) is 11.1 Å². The Kier molecular flexibility index (Phi) is 4.57. The van der Waals surface area contributed by atoms with E-state index < -0.39 is 17.1 Å². The molecule has 1 aromatic carbocycles. The lowest BCUT2D eigenvalue weighted by Crippen LogP contribution is -2.34. The van der Waals surface area contributed by atoms with Gasteiger partial charge < -0.3 is 4.74 Å². The number of esters is 1. The molecular formula is C14H13NO4S. The van der Waals surface area contributed by atoms with Crippen LogP contribution < -0.4 is 0 Å². The number of imide groups is 1. The maximum absolute atomic E-state index is 12.1. The Morgan fingerprint density at radius 1 is 1.30 bits per heavy atom. The van der Waals surface area contributed by atoms with Gasteiger partial charge in [-0.05, 0) is 30.3 Å². The normalized spacial score (nSPS) is 16.9. The fraction of sp³-hybridized carbons (Fsp3) is 0.214. The summed E-state index contributed by atoms with van der Waals surface area (Å²) >= 11 is 0.827. The van der Waals surface area contributed by atoms with Gasteiger partial charge in [0.2, 0.25) is 0 Å². The summed E-state index contributed by atoms with van der Waals surface area (Å²) in [5.74, 6) is -1.05. The van der Waals surface area contributed by atoms with E-state index in [0.717, 1.165) is 22.2 Å². The Morgan fingerprint density at radius 3 is 2.65 bits per heavy atom. The van der Waals surface area contributed by atoms with Crippen molar-refractivity contribution < 1.29 is 19.1 Å². The van der Waals surface area contributed by atoms with Crippen molar-refractivity contribution >= 4 is 35.0 Å². The van der Waals surface area contributed by atoms with Crippen LogP contribution in [0.15, 0.2) is 35.2 Å². The van der Waals surface area contributed by atoms with Crippen LogP contribution in [0.2, 0.25) is 0 Å². The number of carbonyl (C=O) groups excluding carboxylic acids is 3. The summed E-state index contributed by atoms with van der Waals surface area (Å²) in [6, 6.07) is 9.21. The highest BCUT2D eigenvalue weighted by Gasteiger charge is 2.36. The van der Waals surface area contributed by atoms with Crippen LogP contribution in [-0.2, 0) is 14.3 Å². The molecule has 1 aliphatic heterocycles. The zero-order chi connectivity index (χ0) is 14.5. The predicted octanol–water partition coefficient (Wildman–Crippen LogP) is 2.29. The van der Waals surface area contributed by atoms with Gasteiger partial charge >= 0.3 is 5.97 Å². The van der Waals surface area contributed by atoms with Crippen molar-refractivity contribution in [2.75, 3.05) is 13.2 Å². The quantitative estimate of drug-likeness (QED) is 0.629. The number of hydrogen-bond donors (Lipinski definition) is 0. The molecule has 104 valence electrons. The summed E-state index contributed by atoms with van der Waals surface area (Å²) < 4.78 is 4.74. The Balaban J connectivity index is 2.13. The van der Waals surface area contributed by atoms with Gasteiger partial charge in [0.15, 0.2) is 0 Å². The highest BCUT2D eigenvalue weighted by molar-refractivity contribution is 8.18. The Hall–Kier alpha value is -2.08. The smallest absolute Gasteiger partial charge is 0.326 e. The highest BCUT2D eigenvalue weighted by Crippen LogP contribution is 2.31. The number of carbonyl (C=O) groups is 3. The summed E-state index contributed by atoms with van der Waals surface area (Å²) in [5.41, 5.74) is 0.828. The molecule has 1 fully saturated rings. The molecule has 0 atom stereocenters. The van der Waals surface area contributed by atoms with Gasteiger partial charge in [-0.2, -0.15) is 0 Å². The van der Waals surface area contributed by atoms with Gasteiger partial charge in [-0.1, -0.05) is 30.3 Å². The van der Waals surface area contributed by atoms with Crippen LogP contribution in [0, 0.1) is 0 Å². The number of benzene rings is 1. The molecule has 5 nitrogen and oxygen atoms in total. The molecule has 0 aliphatic carbocycles. The van der Waals surface area contributed by atoms with Crippen LogP contribution in [-0.4, -0.2) is 35.2 Å². The molecule has 20 heavy (non-hydrogen) atoms. The number of ether oxygens (including phenoxy) is 1. The molecule has 0 aromatic heterocycles. The minimum Gasteiger partial charge on any atom is -0.465 e. The molecule has 0 radical (unpaired) electrons. The Morgan fingerprint density at radius 2 is 2.00 bits per heavy atom. The summed E-state index contributed by atoms with van der Waals surface area (Å²) in [7, 11) is 0. The predicted molar refractivity (Wildman–Crippen MR) is 75.8 cm³/mol. The lowest BCUT2D eigenvalue weighted by atomic mass is 10.2. The minimum atomic E-state index is -0.587. The molecule has 1 heterocycles. The van der Waals surface area contributed by atoms with Crippen molar-refractivity contribution in [1.82, 2.24) is 4.90 Å². The second kappa shape index (κ2) is 6.38. The van der Waals surface area contributed by atoms with E-state index in [0.29, 0.717) is 4.91 Å². The van der Waals surface area contributed by atoms with E-state index >= 15 is 0 Å². The first-order valence-corrected chi connectivity index (χ1v) is 6.89. The summed E-state index contributed by atoms with van der Waals surface area (Å²) in [5, 5.41) is -0.453. The third-order valence-electron chi connectivity index (χ3n) is 2.56.